The van der Waals surface area contributed by atoms with Gasteiger partial charge in [0, 0.05) is 18.8 Å². The maximum absolute atomic E-state index is 11.0. The number of nitrogens with zero attached hydrogens (tertiary/aromatic N) is 2. The number of aryl methyl sites for hydroxylation is 1. The average molecular weight is 152 g/mol. The first-order valence-corrected chi connectivity index (χ1v) is 3.73. The summed E-state index contributed by atoms with van der Waals surface area (Å²) in [5, 5.41) is 0. The second-order valence-corrected chi connectivity index (χ2v) is 2.49. The van der Waals surface area contributed by atoms with E-state index < -0.39 is 0 Å². The molecule has 0 bridgehead atoms. The van der Waals surface area contributed by atoms with Crippen LogP contribution in [0.25, 0.3) is 0 Å². The van der Waals surface area contributed by atoms with Gasteiger partial charge in [0.15, 0.2) is 5.78 Å². The van der Waals surface area contributed by atoms with E-state index >= 15 is 0 Å². The van der Waals surface area contributed by atoms with E-state index in [1.165, 1.54) is 0 Å². The zero-order chi connectivity index (χ0) is 8.27. The summed E-state index contributed by atoms with van der Waals surface area (Å²) in [4.78, 5) is 15.0. The van der Waals surface area contributed by atoms with Gasteiger partial charge in [-0.25, -0.2) is 4.98 Å². The maximum atomic E-state index is 11.0. The standard InChI is InChI=1S/C8H12N2O/c1-3-8(11)6-10-5-4-9-7(10)2/h4-5H,3,6H2,1-2H3. The Bertz CT molecular complexity index is 252. The monoisotopic (exact) mass is 152 g/mol. The molecule has 1 aromatic heterocycles. The number of aromatic nitrogens is 2. The summed E-state index contributed by atoms with van der Waals surface area (Å²) in [6.45, 7) is 4.22. The van der Waals surface area contributed by atoms with Crippen molar-refractivity contribution in [3.63, 3.8) is 0 Å². The highest BCUT2D eigenvalue weighted by Crippen LogP contribution is 1.96. The number of carbonyl (C=O) groups is 1. The van der Waals surface area contributed by atoms with Crippen molar-refractivity contribution < 1.29 is 4.79 Å². The van der Waals surface area contributed by atoms with E-state index in [1.54, 1.807) is 6.20 Å². The summed E-state index contributed by atoms with van der Waals surface area (Å²) < 4.78 is 1.85. The van der Waals surface area contributed by atoms with Gasteiger partial charge in [-0.15, -0.1) is 0 Å². The van der Waals surface area contributed by atoms with Crippen LogP contribution < -0.4 is 0 Å². The first kappa shape index (κ1) is 7.98. The van der Waals surface area contributed by atoms with Crippen molar-refractivity contribution in [3.8, 4) is 0 Å². The first-order chi connectivity index (χ1) is 5.24. The maximum Gasteiger partial charge on any atom is 0.152 e. The topological polar surface area (TPSA) is 34.9 Å². The smallest absolute Gasteiger partial charge is 0.152 e. The molecule has 0 fully saturated rings. The van der Waals surface area contributed by atoms with E-state index in [1.807, 2.05) is 24.6 Å². The molecule has 0 saturated heterocycles. The van der Waals surface area contributed by atoms with Crippen LogP contribution >= 0.6 is 0 Å². The van der Waals surface area contributed by atoms with Gasteiger partial charge < -0.3 is 4.57 Å². The van der Waals surface area contributed by atoms with Crippen molar-refractivity contribution in [1.82, 2.24) is 9.55 Å². The van der Waals surface area contributed by atoms with Gasteiger partial charge >= 0.3 is 0 Å². The van der Waals surface area contributed by atoms with E-state index in [-0.39, 0.29) is 5.78 Å². The first-order valence-electron chi connectivity index (χ1n) is 3.73. The predicted octanol–water partition coefficient (Wildman–Crippen LogP) is 1.17. The molecule has 1 heterocycles. The molecule has 0 radical (unpaired) electrons. The molecule has 1 aromatic rings. The normalized spacial score (nSPS) is 10.0. The van der Waals surface area contributed by atoms with Crippen LogP contribution in [0.1, 0.15) is 19.2 Å². The Morgan fingerprint density at radius 2 is 2.45 bits per heavy atom. The number of carbonyl (C=O) groups excluding carboxylic acids is 1. The Labute approximate surface area is 66.1 Å². The predicted molar refractivity (Wildman–Crippen MR) is 42.3 cm³/mol. The highest BCUT2D eigenvalue weighted by molar-refractivity contribution is 5.77. The molecule has 0 atom stereocenters. The molecule has 0 aliphatic carbocycles. The van der Waals surface area contributed by atoms with Gasteiger partial charge in [-0.2, -0.15) is 0 Å². The summed E-state index contributed by atoms with van der Waals surface area (Å²) in [7, 11) is 0. The Hall–Kier alpha value is -1.12. The minimum absolute atomic E-state index is 0.242. The quantitative estimate of drug-likeness (QED) is 0.651. The van der Waals surface area contributed by atoms with Gasteiger partial charge in [-0.3, -0.25) is 4.79 Å². The second kappa shape index (κ2) is 3.32. The average Bonchev–Trinajstić information content (AvgIpc) is 2.37. The molecule has 0 amide bonds. The zero-order valence-electron chi connectivity index (χ0n) is 6.87. The van der Waals surface area contributed by atoms with E-state index in [9.17, 15) is 4.79 Å². The van der Waals surface area contributed by atoms with Crippen LogP contribution in [0.5, 0.6) is 0 Å². The summed E-state index contributed by atoms with van der Waals surface area (Å²) >= 11 is 0. The zero-order valence-corrected chi connectivity index (χ0v) is 6.87. The Morgan fingerprint density at radius 3 is 2.91 bits per heavy atom. The molecule has 0 N–H and O–H groups in total. The van der Waals surface area contributed by atoms with Crippen LogP contribution in [-0.2, 0) is 11.3 Å². The summed E-state index contributed by atoms with van der Waals surface area (Å²) in [5.41, 5.74) is 0. The number of hydrogen-bond donors (Lipinski definition) is 0. The van der Waals surface area contributed by atoms with E-state index in [2.05, 4.69) is 4.98 Å². The van der Waals surface area contributed by atoms with E-state index in [0.717, 1.165) is 5.82 Å². The number of Topliss-reactive ketones (excluding diaryl/α,β-unsaturated/α-hetero) is 1. The van der Waals surface area contributed by atoms with Crippen LogP contribution in [-0.4, -0.2) is 15.3 Å². The molecule has 60 valence electrons. The van der Waals surface area contributed by atoms with Crippen molar-refractivity contribution in [3.05, 3.63) is 18.2 Å². The van der Waals surface area contributed by atoms with Gasteiger partial charge in [0.1, 0.15) is 5.82 Å². The SMILES string of the molecule is CCC(=O)Cn1ccnc1C. The third-order valence-corrected chi connectivity index (χ3v) is 1.66. The molecular weight excluding hydrogens is 140 g/mol. The van der Waals surface area contributed by atoms with E-state index in [4.69, 9.17) is 0 Å². The molecule has 0 aliphatic heterocycles. The number of hydrogen-bond acceptors (Lipinski definition) is 2. The molecule has 3 nitrogen and oxygen atoms in total. The van der Waals surface area contributed by atoms with Crippen LogP contribution in [0.15, 0.2) is 12.4 Å². The third-order valence-electron chi connectivity index (χ3n) is 1.66. The van der Waals surface area contributed by atoms with Crippen LogP contribution in [0.2, 0.25) is 0 Å². The molecule has 1 rings (SSSR count). The van der Waals surface area contributed by atoms with Crippen molar-refractivity contribution in [2.75, 3.05) is 0 Å². The Kier molecular flexibility index (Phi) is 2.41. The van der Waals surface area contributed by atoms with Crippen molar-refractivity contribution in [2.24, 2.45) is 0 Å². The highest BCUT2D eigenvalue weighted by atomic mass is 16.1. The highest BCUT2D eigenvalue weighted by Gasteiger charge is 2.01. The van der Waals surface area contributed by atoms with Crippen LogP contribution in [0.3, 0.4) is 0 Å². The minimum Gasteiger partial charge on any atom is -0.328 e. The lowest BCUT2D eigenvalue weighted by atomic mass is 10.3. The van der Waals surface area contributed by atoms with E-state index in [0.29, 0.717) is 13.0 Å². The minimum atomic E-state index is 0.242. The number of imidazole rings is 1. The van der Waals surface area contributed by atoms with Gasteiger partial charge in [0.25, 0.3) is 0 Å². The summed E-state index contributed by atoms with van der Waals surface area (Å²) in [6, 6.07) is 0. The molecular formula is C8H12N2O. The van der Waals surface area contributed by atoms with Gasteiger partial charge in [-0.05, 0) is 6.92 Å². The Morgan fingerprint density at radius 1 is 1.73 bits per heavy atom. The molecule has 0 spiro atoms. The van der Waals surface area contributed by atoms with Crippen molar-refractivity contribution in [2.45, 2.75) is 26.8 Å². The van der Waals surface area contributed by atoms with Gasteiger partial charge in [0.05, 0.1) is 6.54 Å². The van der Waals surface area contributed by atoms with Gasteiger partial charge in [-0.1, -0.05) is 6.92 Å². The Balaban J connectivity index is 2.64. The lowest BCUT2D eigenvalue weighted by Crippen LogP contribution is -2.08. The lowest BCUT2D eigenvalue weighted by molar-refractivity contribution is -0.119. The third kappa shape index (κ3) is 1.90. The van der Waals surface area contributed by atoms with Crippen molar-refractivity contribution >= 4 is 5.78 Å². The number of ketones is 1. The second-order valence-electron chi connectivity index (χ2n) is 2.49. The van der Waals surface area contributed by atoms with Crippen molar-refractivity contribution in [1.29, 1.82) is 0 Å². The largest absolute Gasteiger partial charge is 0.328 e. The summed E-state index contributed by atoms with van der Waals surface area (Å²) in [5.74, 6) is 1.14. The van der Waals surface area contributed by atoms with Crippen LogP contribution in [0.4, 0.5) is 0 Å². The number of rotatable bonds is 3. The molecule has 0 aromatic carbocycles. The fourth-order valence-corrected chi connectivity index (χ4v) is 0.873. The molecule has 3 heteroatoms. The fourth-order valence-electron chi connectivity index (χ4n) is 0.873. The molecule has 0 saturated carbocycles. The fraction of sp³-hybridized carbons (Fsp3) is 0.500. The molecule has 11 heavy (non-hydrogen) atoms. The lowest BCUT2D eigenvalue weighted by Gasteiger charge is -2.00. The summed E-state index contributed by atoms with van der Waals surface area (Å²) in [6.07, 6.45) is 4.12. The molecule has 0 aliphatic rings. The van der Waals surface area contributed by atoms with Gasteiger partial charge in [0.2, 0.25) is 0 Å². The van der Waals surface area contributed by atoms with Crippen LogP contribution in [0, 0.1) is 6.92 Å². The molecule has 0 unspecified atom stereocenters.